The van der Waals surface area contributed by atoms with Crippen LogP contribution in [0.1, 0.15) is 12.5 Å². The fourth-order valence-electron chi connectivity index (χ4n) is 1.50. The second-order valence-electron chi connectivity index (χ2n) is 3.59. The smallest absolute Gasteiger partial charge is 0.336 e. The van der Waals surface area contributed by atoms with Gasteiger partial charge in [-0.05, 0) is 18.6 Å². The van der Waals surface area contributed by atoms with Gasteiger partial charge in [0.2, 0.25) is 0 Å². The number of allylic oxidation sites excluding steroid dienone is 2. The van der Waals surface area contributed by atoms with Crippen molar-refractivity contribution in [1.29, 1.82) is 0 Å². The zero-order chi connectivity index (χ0) is 12.7. The molecule has 3 heteroatoms. The van der Waals surface area contributed by atoms with Gasteiger partial charge in [-0.3, -0.25) is 0 Å². The molecule has 0 spiro atoms. The molecule has 17 heavy (non-hydrogen) atoms. The van der Waals surface area contributed by atoms with Gasteiger partial charge in [-0.2, -0.15) is 0 Å². The van der Waals surface area contributed by atoms with Gasteiger partial charge in [-0.1, -0.05) is 36.4 Å². The SMILES string of the molecule is C/C=C\C(N)=C(/Cc1ccccc1)C(=O)OC. The second kappa shape index (κ2) is 6.53. The van der Waals surface area contributed by atoms with Gasteiger partial charge in [0.25, 0.3) is 0 Å². The fraction of sp³-hybridized carbons (Fsp3) is 0.214. The molecule has 2 N–H and O–H groups in total. The molecule has 0 aliphatic heterocycles. The first-order valence-corrected chi connectivity index (χ1v) is 5.42. The van der Waals surface area contributed by atoms with Crippen LogP contribution in [-0.2, 0) is 16.0 Å². The maximum atomic E-state index is 11.6. The second-order valence-corrected chi connectivity index (χ2v) is 3.59. The number of ether oxygens (including phenoxy) is 1. The van der Waals surface area contributed by atoms with E-state index in [2.05, 4.69) is 0 Å². The van der Waals surface area contributed by atoms with E-state index in [1.165, 1.54) is 7.11 Å². The number of esters is 1. The number of methoxy groups -OCH3 is 1. The summed E-state index contributed by atoms with van der Waals surface area (Å²) in [6.07, 6.45) is 3.97. The molecule has 0 aliphatic rings. The van der Waals surface area contributed by atoms with Crippen LogP contribution >= 0.6 is 0 Å². The van der Waals surface area contributed by atoms with E-state index in [9.17, 15) is 4.79 Å². The largest absolute Gasteiger partial charge is 0.466 e. The zero-order valence-electron chi connectivity index (χ0n) is 10.1. The molecule has 0 bridgehead atoms. The summed E-state index contributed by atoms with van der Waals surface area (Å²) in [6.45, 7) is 1.85. The van der Waals surface area contributed by atoms with Crippen molar-refractivity contribution in [2.45, 2.75) is 13.3 Å². The van der Waals surface area contributed by atoms with Gasteiger partial charge in [0.1, 0.15) is 0 Å². The van der Waals surface area contributed by atoms with E-state index in [-0.39, 0.29) is 5.97 Å². The quantitative estimate of drug-likeness (QED) is 0.491. The lowest BCUT2D eigenvalue weighted by Gasteiger charge is -2.08. The van der Waals surface area contributed by atoms with Crippen LogP contribution in [0.5, 0.6) is 0 Å². The van der Waals surface area contributed by atoms with Gasteiger partial charge in [0, 0.05) is 12.1 Å². The molecule has 0 aromatic heterocycles. The topological polar surface area (TPSA) is 52.3 Å². The average molecular weight is 231 g/mol. The minimum Gasteiger partial charge on any atom is -0.466 e. The first-order valence-electron chi connectivity index (χ1n) is 5.42. The van der Waals surface area contributed by atoms with E-state index in [0.717, 1.165) is 5.56 Å². The maximum absolute atomic E-state index is 11.6. The summed E-state index contributed by atoms with van der Waals surface area (Å²) < 4.78 is 4.74. The van der Waals surface area contributed by atoms with Gasteiger partial charge >= 0.3 is 5.97 Å². The third-order valence-corrected chi connectivity index (χ3v) is 2.35. The number of carbonyl (C=O) groups excluding carboxylic acids is 1. The maximum Gasteiger partial charge on any atom is 0.336 e. The molecule has 0 saturated carbocycles. The Morgan fingerprint density at radius 1 is 1.35 bits per heavy atom. The highest BCUT2D eigenvalue weighted by Crippen LogP contribution is 2.12. The van der Waals surface area contributed by atoms with E-state index in [1.54, 1.807) is 12.2 Å². The number of rotatable bonds is 4. The molecule has 3 nitrogen and oxygen atoms in total. The molecule has 0 saturated heterocycles. The minimum absolute atomic E-state index is 0.385. The van der Waals surface area contributed by atoms with E-state index in [1.807, 2.05) is 37.3 Å². The van der Waals surface area contributed by atoms with Gasteiger partial charge < -0.3 is 10.5 Å². The van der Waals surface area contributed by atoms with Crippen LogP contribution in [0.15, 0.2) is 53.8 Å². The normalized spacial score (nSPS) is 12.4. The van der Waals surface area contributed by atoms with Crippen LogP contribution in [0, 0.1) is 0 Å². The monoisotopic (exact) mass is 231 g/mol. The van der Waals surface area contributed by atoms with E-state index >= 15 is 0 Å². The first kappa shape index (κ1) is 13.0. The molecular weight excluding hydrogens is 214 g/mol. The summed E-state index contributed by atoms with van der Waals surface area (Å²) >= 11 is 0. The molecule has 0 aliphatic carbocycles. The van der Waals surface area contributed by atoms with Gasteiger partial charge in [-0.15, -0.1) is 0 Å². The van der Waals surface area contributed by atoms with Crippen LogP contribution in [0.25, 0.3) is 0 Å². The Bertz CT molecular complexity index is 433. The Kier molecular flexibility index (Phi) is 5.01. The molecule has 0 fully saturated rings. The summed E-state index contributed by atoms with van der Waals surface area (Å²) in [4.78, 5) is 11.6. The molecule has 1 rings (SSSR count). The molecule has 0 atom stereocenters. The zero-order valence-corrected chi connectivity index (χ0v) is 10.1. The number of benzene rings is 1. The van der Waals surface area contributed by atoms with Crippen molar-refractivity contribution < 1.29 is 9.53 Å². The number of nitrogens with two attached hydrogens (primary N) is 1. The first-order chi connectivity index (χ1) is 8.19. The highest BCUT2D eigenvalue weighted by atomic mass is 16.5. The number of hydrogen-bond donors (Lipinski definition) is 1. The van der Waals surface area contributed by atoms with Gasteiger partial charge in [0.15, 0.2) is 0 Å². The molecule has 1 aromatic carbocycles. The minimum atomic E-state index is -0.385. The lowest BCUT2D eigenvalue weighted by Crippen LogP contribution is -2.13. The summed E-state index contributed by atoms with van der Waals surface area (Å²) in [5.74, 6) is -0.385. The van der Waals surface area contributed by atoms with Crippen molar-refractivity contribution in [2.24, 2.45) is 5.73 Å². The van der Waals surface area contributed by atoms with Gasteiger partial charge in [0.05, 0.1) is 12.7 Å². The standard InChI is InChI=1S/C14H17NO2/c1-3-7-13(15)12(14(16)17-2)10-11-8-5-4-6-9-11/h3-9H,10,15H2,1-2H3/b7-3-,13-12-. The van der Waals surface area contributed by atoms with Crippen molar-refractivity contribution in [3.63, 3.8) is 0 Å². The molecule has 0 unspecified atom stereocenters. The highest BCUT2D eigenvalue weighted by Gasteiger charge is 2.13. The number of hydrogen-bond acceptors (Lipinski definition) is 3. The molecule has 0 amide bonds. The third-order valence-electron chi connectivity index (χ3n) is 2.35. The Labute approximate surface area is 102 Å². The summed E-state index contributed by atoms with van der Waals surface area (Å²) in [6, 6.07) is 9.68. The lowest BCUT2D eigenvalue weighted by molar-refractivity contribution is -0.136. The van der Waals surface area contributed by atoms with E-state index in [0.29, 0.717) is 17.7 Å². The predicted octanol–water partition coefficient (Wildman–Crippen LogP) is 2.19. The van der Waals surface area contributed by atoms with Crippen LogP contribution < -0.4 is 5.73 Å². The Balaban J connectivity index is 3.01. The summed E-state index contributed by atoms with van der Waals surface area (Å²) in [5.41, 5.74) is 7.80. The Morgan fingerprint density at radius 2 is 2.00 bits per heavy atom. The van der Waals surface area contributed by atoms with Gasteiger partial charge in [-0.25, -0.2) is 4.79 Å². The summed E-state index contributed by atoms with van der Waals surface area (Å²) in [5, 5.41) is 0. The summed E-state index contributed by atoms with van der Waals surface area (Å²) in [7, 11) is 1.36. The molecule has 0 radical (unpaired) electrons. The van der Waals surface area contributed by atoms with Crippen LogP contribution in [0.2, 0.25) is 0 Å². The fourth-order valence-corrected chi connectivity index (χ4v) is 1.50. The third kappa shape index (κ3) is 3.79. The molecule has 0 heterocycles. The number of carbonyl (C=O) groups is 1. The van der Waals surface area contributed by atoms with Crippen LogP contribution in [-0.4, -0.2) is 13.1 Å². The van der Waals surface area contributed by atoms with Crippen molar-refractivity contribution >= 4 is 5.97 Å². The molecule has 1 aromatic rings. The molecule has 90 valence electrons. The van der Waals surface area contributed by atoms with Crippen molar-refractivity contribution in [3.8, 4) is 0 Å². The van der Waals surface area contributed by atoms with E-state index in [4.69, 9.17) is 10.5 Å². The van der Waals surface area contributed by atoms with E-state index < -0.39 is 0 Å². The predicted molar refractivity (Wildman–Crippen MR) is 68.2 cm³/mol. The van der Waals surface area contributed by atoms with Crippen molar-refractivity contribution in [1.82, 2.24) is 0 Å². The average Bonchev–Trinajstić information content (AvgIpc) is 2.36. The highest BCUT2D eigenvalue weighted by molar-refractivity contribution is 5.90. The lowest BCUT2D eigenvalue weighted by atomic mass is 10.0. The van der Waals surface area contributed by atoms with Crippen LogP contribution in [0.4, 0.5) is 0 Å². The van der Waals surface area contributed by atoms with Crippen LogP contribution in [0.3, 0.4) is 0 Å². The Hall–Kier alpha value is -2.03. The Morgan fingerprint density at radius 3 is 2.53 bits per heavy atom. The molecular formula is C14H17NO2. The van der Waals surface area contributed by atoms with Crippen molar-refractivity contribution in [2.75, 3.05) is 7.11 Å². The van der Waals surface area contributed by atoms with Crippen molar-refractivity contribution in [3.05, 3.63) is 59.3 Å².